The van der Waals surface area contributed by atoms with Gasteiger partial charge in [-0.3, -0.25) is 10.7 Å². The van der Waals surface area contributed by atoms with Gasteiger partial charge in [-0.2, -0.15) is 0 Å². The van der Waals surface area contributed by atoms with Gasteiger partial charge in [0.05, 0.1) is 6.17 Å². The van der Waals surface area contributed by atoms with Crippen molar-refractivity contribution in [2.45, 2.75) is 38.6 Å². The topological polar surface area (TPSA) is 52.7 Å². The van der Waals surface area contributed by atoms with Crippen molar-refractivity contribution in [1.29, 1.82) is 0 Å². The molecule has 0 aliphatic carbocycles. The average molecular weight is 173 g/mol. The second kappa shape index (κ2) is 4.18. The van der Waals surface area contributed by atoms with Crippen LogP contribution in [0.15, 0.2) is 0 Å². The third-order valence-electron chi connectivity index (χ3n) is 2.51. The summed E-state index contributed by atoms with van der Waals surface area (Å²) < 4.78 is 0. The minimum absolute atomic E-state index is 0.207. The number of nitrogens with zero attached hydrogens (tertiary/aromatic N) is 2. The fourth-order valence-corrected chi connectivity index (χ4v) is 1.68. The summed E-state index contributed by atoms with van der Waals surface area (Å²) >= 11 is 0. The van der Waals surface area contributed by atoms with Crippen LogP contribution in [0.25, 0.3) is 0 Å². The lowest BCUT2D eigenvalue weighted by Gasteiger charge is -2.39. The normalized spacial score (nSPS) is 29.2. The third-order valence-corrected chi connectivity index (χ3v) is 2.51. The van der Waals surface area contributed by atoms with Crippen molar-refractivity contribution in [3.8, 4) is 0 Å². The Balaban J connectivity index is 2.47. The highest BCUT2D eigenvalue weighted by atomic mass is 16.3. The molecule has 0 aromatic rings. The number of aliphatic hydroxyl groups excluding tert-OH is 1. The Hall–Kier alpha value is -0.160. The molecule has 1 aliphatic heterocycles. The molecule has 3 N–H and O–H groups in total. The molecule has 1 fully saturated rings. The number of rotatable bonds is 2. The quantitative estimate of drug-likeness (QED) is 0.349. The molecule has 0 spiro atoms. The largest absolute Gasteiger partial charge is 0.377 e. The number of likely N-dealkylation sites (tertiary alicyclic amines) is 1. The van der Waals surface area contributed by atoms with E-state index in [-0.39, 0.29) is 6.17 Å². The highest BCUT2D eigenvalue weighted by Crippen LogP contribution is 2.17. The van der Waals surface area contributed by atoms with Crippen LogP contribution in [-0.4, -0.2) is 41.0 Å². The van der Waals surface area contributed by atoms with E-state index in [1.165, 1.54) is 17.9 Å². The second-order valence-corrected chi connectivity index (χ2v) is 3.54. The van der Waals surface area contributed by atoms with Crippen LogP contribution in [0.2, 0.25) is 0 Å². The molecule has 0 aromatic heterocycles. The van der Waals surface area contributed by atoms with E-state index >= 15 is 0 Å². The monoisotopic (exact) mass is 173 g/mol. The summed E-state index contributed by atoms with van der Waals surface area (Å²) in [6.45, 7) is 2.77. The number of aliphatic hydroxyl groups is 1. The van der Waals surface area contributed by atoms with Gasteiger partial charge in [0.15, 0.2) is 0 Å². The summed E-state index contributed by atoms with van der Waals surface area (Å²) in [6, 6.07) is 0. The van der Waals surface area contributed by atoms with Gasteiger partial charge in [-0.25, -0.2) is 5.01 Å². The Bertz CT molecular complexity index is 140. The first-order chi connectivity index (χ1) is 5.63. The van der Waals surface area contributed by atoms with Crippen molar-refractivity contribution >= 4 is 0 Å². The Morgan fingerprint density at radius 1 is 1.58 bits per heavy atom. The molecule has 1 aliphatic rings. The maximum absolute atomic E-state index is 9.27. The molecule has 0 bridgehead atoms. The zero-order chi connectivity index (χ0) is 9.14. The van der Waals surface area contributed by atoms with Crippen LogP contribution in [0.3, 0.4) is 0 Å². The van der Waals surface area contributed by atoms with Crippen LogP contribution in [0.5, 0.6) is 0 Å². The van der Waals surface area contributed by atoms with Gasteiger partial charge in [-0.15, -0.1) is 0 Å². The van der Waals surface area contributed by atoms with E-state index in [1.54, 1.807) is 6.92 Å². The van der Waals surface area contributed by atoms with Crippen molar-refractivity contribution < 1.29 is 5.11 Å². The molecule has 1 saturated heterocycles. The van der Waals surface area contributed by atoms with Gasteiger partial charge in [0.1, 0.15) is 6.23 Å². The van der Waals surface area contributed by atoms with Crippen molar-refractivity contribution in [3.63, 3.8) is 0 Å². The molecule has 2 unspecified atom stereocenters. The molecule has 2 atom stereocenters. The summed E-state index contributed by atoms with van der Waals surface area (Å²) in [6.07, 6.45) is 3.14. The van der Waals surface area contributed by atoms with Crippen molar-refractivity contribution in [2.24, 2.45) is 5.84 Å². The smallest absolute Gasteiger partial charge is 0.118 e. The van der Waals surface area contributed by atoms with Gasteiger partial charge in [0.2, 0.25) is 0 Å². The Morgan fingerprint density at radius 3 is 2.75 bits per heavy atom. The highest BCUT2D eigenvalue weighted by Gasteiger charge is 2.25. The number of hydrogen-bond donors (Lipinski definition) is 2. The zero-order valence-electron chi connectivity index (χ0n) is 7.90. The molecule has 72 valence electrons. The molecule has 0 amide bonds. The first-order valence-electron chi connectivity index (χ1n) is 4.54. The van der Waals surface area contributed by atoms with E-state index in [9.17, 15) is 5.11 Å². The molecule has 0 radical (unpaired) electrons. The van der Waals surface area contributed by atoms with Crippen LogP contribution in [-0.2, 0) is 0 Å². The molecule has 1 rings (SSSR count). The van der Waals surface area contributed by atoms with E-state index < -0.39 is 6.23 Å². The minimum atomic E-state index is -0.560. The Kier molecular flexibility index (Phi) is 3.46. The molecule has 12 heavy (non-hydrogen) atoms. The summed E-state index contributed by atoms with van der Waals surface area (Å²) in [5.74, 6) is 5.72. The second-order valence-electron chi connectivity index (χ2n) is 3.54. The lowest BCUT2D eigenvalue weighted by Crippen LogP contribution is -2.55. The number of hydrazine groups is 1. The van der Waals surface area contributed by atoms with Gasteiger partial charge in [-0.05, 0) is 39.8 Å². The van der Waals surface area contributed by atoms with Crippen LogP contribution < -0.4 is 5.84 Å². The highest BCUT2D eigenvalue weighted by molar-refractivity contribution is 4.72. The fourth-order valence-electron chi connectivity index (χ4n) is 1.68. The van der Waals surface area contributed by atoms with E-state index in [0.29, 0.717) is 0 Å². The lowest BCUT2D eigenvalue weighted by atomic mass is 10.1. The number of nitrogens with two attached hydrogens (primary N) is 1. The summed E-state index contributed by atoms with van der Waals surface area (Å²) in [5, 5.41) is 10.8. The standard InChI is InChI=1S/C8H19N3O/c1-7(12)11(9)8-5-3-4-6-10(8)2/h7-8,12H,3-6,9H2,1-2H3. The number of hydrogen-bond acceptors (Lipinski definition) is 4. The van der Waals surface area contributed by atoms with Crippen molar-refractivity contribution in [3.05, 3.63) is 0 Å². The van der Waals surface area contributed by atoms with E-state index in [2.05, 4.69) is 4.90 Å². The van der Waals surface area contributed by atoms with Crippen LogP contribution in [0.4, 0.5) is 0 Å². The summed E-state index contributed by atoms with van der Waals surface area (Å²) in [7, 11) is 2.05. The predicted molar refractivity (Wildman–Crippen MR) is 48.0 cm³/mol. The molecule has 0 aromatic carbocycles. The van der Waals surface area contributed by atoms with Crippen molar-refractivity contribution in [1.82, 2.24) is 9.91 Å². The molecule has 1 heterocycles. The van der Waals surface area contributed by atoms with Crippen LogP contribution in [0, 0.1) is 0 Å². The first kappa shape index (κ1) is 9.92. The zero-order valence-corrected chi connectivity index (χ0v) is 7.90. The van der Waals surface area contributed by atoms with Gasteiger partial charge in [-0.1, -0.05) is 0 Å². The maximum Gasteiger partial charge on any atom is 0.118 e. The van der Waals surface area contributed by atoms with Crippen LogP contribution >= 0.6 is 0 Å². The summed E-state index contributed by atoms with van der Waals surface area (Å²) in [4.78, 5) is 2.19. The molecular weight excluding hydrogens is 154 g/mol. The average Bonchev–Trinajstić information content (AvgIpc) is 2.04. The van der Waals surface area contributed by atoms with Crippen molar-refractivity contribution in [2.75, 3.05) is 13.6 Å². The molecule has 4 heteroatoms. The van der Waals surface area contributed by atoms with E-state index in [1.807, 2.05) is 7.05 Å². The SMILES string of the molecule is CC(O)N(N)C1CCCCN1C. The molecule has 4 nitrogen and oxygen atoms in total. The van der Waals surface area contributed by atoms with Crippen LogP contribution in [0.1, 0.15) is 26.2 Å². The van der Waals surface area contributed by atoms with Gasteiger partial charge >= 0.3 is 0 Å². The third kappa shape index (κ3) is 2.17. The Morgan fingerprint density at radius 2 is 2.25 bits per heavy atom. The molecule has 0 saturated carbocycles. The maximum atomic E-state index is 9.27. The number of piperidine rings is 1. The van der Waals surface area contributed by atoms with Gasteiger partial charge in [0, 0.05) is 0 Å². The van der Waals surface area contributed by atoms with E-state index in [4.69, 9.17) is 5.84 Å². The van der Waals surface area contributed by atoms with Gasteiger partial charge < -0.3 is 5.11 Å². The first-order valence-corrected chi connectivity index (χ1v) is 4.54. The van der Waals surface area contributed by atoms with Gasteiger partial charge in [0.25, 0.3) is 0 Å². The lowest BCUT2D eigenvalue weighted by molar-refractivity contribution is -0.0739. The molecular formula is C8H19N3O. The minimum Gasteiger partial charge on any atom is -0.377 e. The fraction of sp³-hybridized carbons (Fsp3) is 1.00. The predicted octanol–water partition coefficient (Wildman–Crippen LogP) is -0.0578. The Labute approximate surface area is 73.9 Å². The summed E-state index contributed by atoms with van der Waals surface area (Å²) in [5.41, 5.74) is 0. The van der Waals surface area contributed by atoms with E-state index in [0.717, 1.165) is 13.0 Å².